The number of anilines is 1. The molecule has 4 aromatic rings. The number of hydrogen-bond acceptors (Lipinski definition) is 5. The quantitative estimate of drug-likeness (QED) is 0.421. The Kier molecular flexibility index (Phi) is 4.19. The third-order valence-corrected chi connectivity index (χ3v) is 4.37. The fourth-order valence-corrected chi connectivity index (χ4v) is 2.81. The summed E-state index contributed by atoms with van der Waals surface area (Å²) in [5, 5.41) is 15.0. The van der Waals surface area contributed by atoms with Gasteiger partial charge in [0.25, 0.3) is 0 Å². The molecule has 0 bridgehead atoms. The smallest absolute Gasteiger partial charge is 0.176 e. The molecule has 0 aliphatic heterocycles. The molecule has 0 fully saturated rings. The minimum atomic E-state index is 0.607. The zero-order chi connectivity index (χ0) is 17.9. The van der Waals surface area contributed by atoms with Gasteiger partial charge in [0.15, 0.2) is 5.82 Å². The number of nitrogens with zero attached hydrogens (tertiary/aromatic N) is 3. The van der Waals surface area contributed by atoms with Crippen molar-refractivity contribution in [3.63, 3.8) is 0 Å². The maximum absolute atomic E-state index is 5.23. The fourth-order valence-electron chi connectivity index (χ4n) is 2.81. The third-order valence-electron chi connectivity index (χ3n) is 4.37. The van der Waals surface area contributed by atoms with Crippen molar-refractivity contribution in [2.24, 2.45) is 5.10 Å². The van der Waals surface area contributed by atoms with Gasteiger partial charge in [-0.25, -0.2) is 0 Å². The van der Waals surface area contributed by atoms with Gasteiger partial charge in [0.1, 0.15) is 11.5 Å². The summed E-state index contributed by atoms with van der Waals surface area (Å²) in [7, 11) is 0. The van der Waals surface area contributed by atoms with Gasteiger partial charge in [0.2, 0.25) is 0 Å². The molecule has 0 radical (unpaired) electrons. The summed E-state index contributed by atoms with van der Waals surface area (Å²) in [6, 6.07) is 18.0. The van der Waals surface area contributed by atoms with E-state index in [9.17, 15) is 0 Å². The Hall–Kier alpha value is -3.47. The van der Waals surface area contributed by atoms with Crippen LogP contribution in [0.25, 0.3) is 22.0 Å². The van der Waals surface area contributed by atoms with Gasteiger partial charge in [-0.2, -0.15) is 5.10 Å². The summed E-state index contributed by atoms with van der Waals surface area (Å²) in [6.07, 6.45) is 3.21. The molecular weight excluding hydrogens is 324 g/mol. The van der Waals surface area contributed by atoms with Crippen molar-refractivity contribution < 1.29 is 4.42 Å². The molecule has 0 aliphatic carbocycles. The maximum Gasteiger partial charge on any atom is 0.176 e. The first-order valence-corrected chi connectivity index (χ1v) is 8.38. The van der Waals surface area contributed by atoms with E-state index in [-0.39, 0.29) is 0 Å². The highest BCUT2D eigenvalue weighted by Gasteiger charge is 2.11. The van der Waals surface area contributed by atoms with E-state index in [0.717, 1.165) is 22.0 Å². The predicted octanol–water partition coefficient (Wildman–Crippen LogP) is 4.95. The molecule has 4 rings (SSSR count). The molecule has 5 heteroatoms. The molecule has 5 nitrogen and oxygen atoms in total. The van der Waals surface area contributed by atoms with Crippen LogP contribution in [0, 0.1) is 13.8 Å². The van der Waals surface area contributed by atoms with Crippen LogP contribution in [0.15, 0.2) is 70.4 Å². The molecule has 2 heterocycles. The maximum atomic E-state index is 5.23. The predicted molar refractivity (Wildman–Crippen MR) is 104 cm³/mol. The highest BCUT2D eigenvalue weighted by Crippen LogP contribution is 2.30. The Balaban J connectivity index is 1.74. The number of furan rings is 1. The molecule has 0 unspecified atom stereocenters. The largest absolute Gasteiger partial charge is 0.463 e. The van der Waals surface area contributed by atoms with Crippen LogP contribution in [-0.2, 0) is 0 Å². The lowest BCUT2D eigenvalue weighted by Gasteiger charge is -2.10. The normalized spacial score (nSPS) is 11.3. The second-order valence-electron chi connectivity index (χ2n) is 6.13. The monoisotopic (exact) mass is 342 g/mol. The zero-order valence-corrected chi connectivity index (χ0v) is 14.6. The van der Waals surface area contributed by atoms with E-state index in [0.29, 0.717) is 11.6 Å². The molecule has 0 amide bonds. The second kappa shape index (κ2) is 6.80. The van der Waals surface area contributed by atoms with Crippen molar-refractivity contribution in [2.75, 3.05) is 5.43 Å². The summed E-state index contributed by atoms with van der Waals surface area (Å²) in [5.74, 6) is 1.28. The average molecular weight is 342 g/mol. The number of benzene rings is 2. The summed E-state index contributed by atoms with van der Waals surface area (Å²) in [6.45, 7) is 4.21. The van der Waals surface area contributed by atoms with Crippen molar-refractivity contribution >= 4 is 22.8 Å². The standard InChI is InChI=1S/C21H18N4O/c1-14-9-10-16(12-15(14)2)20-18-7-3-4-8-19(18)21(25-23-20)24-22-13-17-6-5-11-26-17/h3-13H,1-2H3,(H,24,25)/b22-13-. The van der Waals surface area contributed by atoms with E-state index in [1.54, 1.807) is 12.5 Å². The first-order valence-electron chi connectivity index (χ1n) is 8.38. The van der Waals surface area contributed by atoms with Crippen LogP contribution in [0.3, 0.4) is 0 Å². The summed E-state index contributed by atoms with van der Waals surface area (Å²) in [4.78, 5) is 0. The van der Waals surface area contributed by atoms with Crippen LogP contribution in [0.2, 0.25) is 0 Å². The second-order valence-corrected chi connectivity index (χ2v) is 6.13. The minimum absolute atomic E-state index is 0.607. The van der Waals surface area contributed by atoms with Gasteiger partial charge in [0.05, 0.1) is 12.5 Å². The molecule has 0 spiro atoms. The highest BCUT2D eigenvalue weighted by atomic mass is 16.3. The van der Waals surface area contributed by atoms with E-state index in [4.69, 9.17) is 4.42 Å². The molecule has 2 aromatic heterocycles. The first kappa shape index (κ1) is 16.0. The SMILES string of the molecule is Cc1ccc(-c2nnc(N/N=C\c3ccco3)c3ccccc23)cc1C. The van der Waals surface area contributed by atoms with Gasteiger partial charge in [-0.15, -0.1) is 10.2 Å². The summed E-state index contributed by atoms with van der Waals surface area (Å²) >= 11 is 0. The molecule has 0 saturated heterocycles. The number of aryl methyl sites for hydroxylation is 2. The Morgan fingerprint density at radius 2 is 1.77 bits per heavy atom. The van der Waals surface area contributed by atoms with Gasteiger partial charge >= 0.3 is 0 Å². The average Bonchev–Trinajstić information content (AvgIpc) is 3.18. The van der Waals surface area contributed by atoms with Gasteiger partial charge in [-0.05, 0) is 43.2 Å². The van der Waals surface area contributed by atoms with Crippen LogP contribution in [0.5, 0.6) is 0 Å². The molecule has 0 atom stereocenters. The number of fused-ring (bicyclic) bond motifs is 1. The molecule has 0 saturated carbocycles. The van der Waals surface area contributed by atoms with Crippen molar-refractivity contribution in [3.8, 4) is 11.3 Å². The van der Waals surface area contributed by atoms with E-state index >= 15 is 0 Å². The van der Waals surface area contributed by atoms with E-state index in [2.05, 4.69) is 58.8 Å². The highest BCUT2D eigenvalue weighted by molar-refractivity contribution is 6.00. The van der Waals surface area contributed by atoms with Crippen molar-refractivity contribution in [1.82, 2.24) is 10.2 Å². The Bertz CT molecular complexity index is 1080. The third kappa shape index (κ3) is 3.07. The number of hydrogen-bond donors (Lipinski definition) is 1. The molecule has 2 aromatic carbocycles. The van der Waals surface area contributed by atoms with Gasteiger partial charge < -0.3 is 4.42 Å². The van der Waals surface area contributed by atoms with Gasteiger partial charge in [-0.3, -0.25) is 5.43 Å². The zero-order valence-electron chi connectivity index (χ0n) is 14.6. The van der Waals surface area contributed by atoms with Gasteiger partial charge in [-0.1, -0.05) is 36.4 Å². The molecular formula is C21H18N4O. The lowest BCUT2D eigenvalue weighted by molar-refractivity contribution is 0.560. The minimum Gasteiger partial charge on any atom is -0.463 e. The lowest BCUT2D eigenvalue weighted by atomic mass is 10.0. The summed E-state index contributed by atoms with van der Waals surface area (Å²) < 4.78 is 5.23. The van der Waals surface area contributed by atoms with Crippen LogP contribution >= 0.6 is 0 Å². The number of hydrazone groups is 1. The Morgan fingerprint density at radius 3 is 2.54 bits per heavy atom. The lowest BCUT2D eigenvalue weighted by Crippen LogP contribution is -1.99. The Labute approximate surface area is 151 Å². The van der Waals surface area contributed by atoms with E-state index in [1.807, 2.05) is 30.3 Å². The van der Waals surface area contributed by atoms with Crippen LogP contribution < -0.4 is 5.43 Å². The van der Waals surface area contributed by atoms with E-state index < -0.39 is 0 Å². The molecule has 1 N–H and O–H groups in total. The van der Waals surface area contributed by atoms with Crippen LogP contribution in [0.4, 0.5) is 5.82 Å². The van der Waals surface area contributed by atoms with Crippen LogP contribution in [0.1, 0.15) is 16.9 Å². The number of rotatable bonds is 4. The molecule has 26 heavy (non-hydrogen) atoms. The molecule has 128 valence electrons. The Morgan fingerprint density at radius 1 is 0.923 bits per heavy atom. The van der Waals surface area contributed by atoms with E-state index in [1.165, 1.54) is 11.1 Å². The fraction of sp³-hybridized carbons (Fsp3) is 0.0952. The van der Waals surface area contributed by atoms with Crippen molar-refractivity contribution in [3.05, 3.63) is 77.7 Å². The van der Waals surface area contributed by atoms with Crippen molar-refractivity contribution in [1.29, 1.82) is 0 Å². The summed E-state index contributed by atoms with van der Waals surface area (Å²) in [5.41, 5.74) is 7.38. The number of nitrogens with one attached hydrogen (secondary N) is 1. The van der Waals surface area contributed by atoms with Crippen LogP contribution in [-0.4, -0.2) is 16.4 Å². The first-order chi connectivity index (χ1) is 12.7. The van der Waals surface area contributed by atoms with Gasteiger partial charge in [0, 0.05) is 16.3 Å². The topological polar surface area (TPSA) is 63.3 Å². The molecule has 0 aliphatic rings. The number of aromatic nitrogens is 2. The van der Waals surface area contributed by atoms with Crippen molar-refractivity contribution in [2.45, 2.75) is 13.8 Å².